The molecule has 0 fully saturated rings. The van der Waals surface area contributed by atoms with Crippen LogP contribution in [-0.2, 0) is 7.05 Å². The topological polar surface area (TPSA) is 46.9 Å². The van der Waals surface area contributed by atoms with E-state index in [0.29, 0.717) is 5.69 Å². The summed E-state index contributed by atoms with van der Waals surface area (Å²) in [5.41, 5.74) is 0.716. The second-order valence-electron chi connectivity index (χ2n) is 6.52. The van der Waals surface area contributed by atoms with Gasteiger partial charge in [0.2, 0.25) is 0 Å². The fraction of sp³-hybridized carbons (Fsp3) is 0.412. The second kappa shape index (κ2) is 7.44. The summed E-state index contributed by atoms with van der Waals surface area (Å²) in [5, 5.41) is 3.98. The fourth-order valence-electron chi connectivity index (χ4n) is 2.18. The number of ketones is 1. The van der Waals surface area contributed by atoms with Crippen molar-refractivity contribution in [3.05, 3.63) is 53.4 Å². The zero-order valence-electron chi connectivity index (χ0n) is 14.1. The standard InChI is InChI=1S/C17H21F2N3OS/c1-17(2,3)24-21-14(12-6-5-11(18)9-13(12)19)10-16(23)15-7-8-20-22(15)4/h5-9,14,21H,10H2,1-4H3. The van der Waals surface area contributed by atoms with Gasteiger partial charge in [-0.2, -0.15) is 5.10 Å². The van der Waals surface area contributed by atoms with Gasteiger partial charge >= 0.3 is 0 Å². The molecule has 0 radical (unpaired) electrons. The Morgan fingerprint density at radius 3 is 2.58 bits per heavy atom. The molecule has 0 amide bonds. The van der Waals surface area contributed by atoms with Crippen LogP contribution in [-0.4, -0.2) is 20.3 Å². The van der Waals surface area contributed by atoms with Gasteiger partial charge < -0.3 is 0 Å². The Morgan fingerprint density at radius 2 is 2.04 bits per heavy atom. The number of benzene rings is 1. The first kappa shape index (κ1) is 18.6. The largest absolute Gasteiger partial charge is 0.292 e. The highest BCUT2D eigenvalue weighted by Gasteiger charge is 2.24. The Morgan fingerprint density at radius 1 is 1.33 bits per heavy atom. The smallest absolute Gasteiger partial charge is 0.182 e. The molecule has 4 nitrogen and oxygen atoms in total. The van der Waals surface area contributed by atoms with E-state index in [1.54, 1.807) is 13.1 Å². The maximum absolute atomic E-state index is 14.2. The minimum atomic E-state index is -0.667. The fourth-order valence-corrected chi connectivity index (χ4v) is 2.89. The molecule has 130 valence electrons. The van der Waals surface area contributed by atoms with Crippen LogP contribution < -0.4 is 4.72 Å². The van der Waals surface area contributed by atoms with Crippen LogP contribution in [0.25, 0.3) is 0 Å². The molecule has 0 aliphatic rings. The summed E-state index contributed by atoms with van der Waals surface area (Å²) >= 11 is 1.41. The van der Waals surface area contributed by atoms with Crippen LogP contribution in [0.3, 0.4) is 0 Å². The molecule has 1 aromatic heterocycles. The van der Waals surface area contributed by atoms with E-state index < -0.39 is 17.7 Å². The summed E-state index contributed by atoms with van der Waals surface area (Å²) in [6.45, 7) is 6.02. The second-order valence-corrected chi connectivity index (χ2v) is 8.18. The van der Waals surface area contributed by atoms with Gasteiger partial charge in [-0.3, -0.25) is 14.2 Å². The van der Waals surface area contributed by atoms with E-state index in [9.17, 15) is 13.6 Å². The Bertz CT molecular complexity index is 725. The van der Waals surface area contributed by atoms with Gasteiger partial charge in [-0.05, 0) is 32.9 Å². The maximum atomic E-state index is 14.2. The Labute approximate surface area is 144 Å². The minimum absolute atomic E-state index is 0.0468. The summed E-state index contributed by atoms with van der Waals surface area (Å²) in [5.74, 6) is -1.47. The Balaban J connectivity index is 2.25. The molecule has 1 heterocycles. The lowest BCUT2D eigenvalue weighted by Gasteiger charge is -2.24. The van der Waals surface area contributed by atoms with Gasteiger partial charge in [0.15, 0.2) is 5.78 Å². The van der Waals surface area contributed by atoms with Crippen LogP contribution in [0.1, 0.15) is 49.3 Å². The number of nitrogens with zero attached hydrogens (tertiary/aromatic N) is 2. The molecule has 1 N–H and O–H groups in total. The molecule has 0 bridgehead atoms. The molecule has 0 saturated heterocycles. The van der Waals surface area contributed by atoms with E-state index >= 15 is 0 Å². The van der Waals surface area contributed by atoms with E-state index in [2.05, 4.69) is 9.82 Å². The van der Waals surface area contributed by atoms with Crippen molar-refractivity contribution in [2.75, 3.05) is 0 Å². The number of carbonyl (C=O) groups is 1. The quantitative estimate of drug-likeness (QED) is 0.629. The van der Waals surface area contributed by atoms with E-state index in [1.807, 2.05) is 20.8 Å². The molecule has 1 atom stereocenters. The first-order valence-electron chi connectivity index (χ1n) is 7.57. The Hall–Kier alpha value is -1.73. The lowest BCUT2D eigenvalue weighted by molar-refractivity contribution is 0.0963. The van der Waals surface area contributed by atoms with E-state index in [0.717, 1.165) is 6.07 Å². The maximum Gasteiger partial charge on any atom is 0.182 e. The van der Waals surface area contributed by atoms with E-state index in [-0.39, 0.29) is 22.5 Å². The number of hydrogen-bond acceptors (Lipinski definition) is 4. The van der Waals surface area contributed by atoms with E-state index in [4.69, 9.17) is 0 Å². The van der Waals surface area contributed by atoms with Crippen LogP contribution in [0.15, 0.2) is 30.5 Å². The first-order valence-corrected chi connectivity index (χ1v) is 8.39. The highest BCUT2D eigenvalue weighted by molar-refractivity contribution is 7.98. The van der Waals surface area contributed by atoms with Crippen LogP contribution in [0.5, 0.6) is 0 Å². The number of aromatic nitrogens is 2. The number of carbonyl (C=O) groups excluding carboxylic acids is 1. The molecule has 0 aliphatic carbocycles. The number of hydrogen-bond donors (Lipinski definition) is 1. The summed E-state index contributed by atoms with van der Waals surface area (Å²) in [6, 6.07) is 4.46. The third-order valence-electron chi connectivity index (χ3n) is 3.34. The molecule has 2 rings (SSSR count). The minimum Gasteiger partial charge on any atom is -0.292 e. The molecule has 0 aliphatic heterocycles. The van der Waals surface area contributed by atoms with Gasteiger partial charge in [0, 0.05) is 36.0 Å². The highest BCUT2D eigenvalue weighted by Crippen LogP contribution is 2.29. The van der Waals surface area contributed by atoms with Crippen molar-refractivity contribution < 1.29 is 13.6 Å². The third-order valence-corrected chi connectivity index (χ3v) is 4.36. The van der Waals surface area contributed by atoms with Crippen LogP contribution in [0.2, 0.25) is 0 Å². The predicted molar refractivity (Wildman–Crippen MR) is 91.7 cm³/mol. The van der Waals surface area contributed by atoms with Gasteiger partial charge in [-0.15, -0.1) is 0 Å². The lowest BCUT2D eigenvalue weighted by atomic mass is 10.0. The van der Waals surface area contributed by atoms with Crippen LogP contribution >= 0.6 is 11.9 Å². The average molecular weight is 353 g/mol. The number of rotatable bonds is 6. The van der Waals surface area contributed by atoms with Crippen molar-refractivity contribution in [1.82, 2.24) is 14.5 Å². The van der Waals surface area contributed by atoms with Crippen LogP contribution in [0, 0.1) is 11.6 Å². The van der Waals surface area contributed by atoms with Gasteiger partial charge in [-0.1, -0.05) is 18.0 Å². The van der Waals surface area contributed by atoms with Gasteiger partial charge in [0.05, 0.1) is 6.04 Å². The summed E-state index contributed by atoms with van der Waals surface area (Å²) in [6.07, 6.45) is 1.59. The van der Waals surface area contributed by atoms with Crippen molar-refractivity contribution in [1.29, 1.82) is 0 Å². The molecule has 0 spiro atoms. The monoisotopic (exact) mass is 353 g/mol. The number of aryl methyl sites for hydroxylation is 1. The van der Waals surface area contributed by atoms with Crippen molar-refractivity contribution >= 4 is 17.7 Å². The molecule has 0 saturated carbocycles. The third kappa shape index (κ3) is 4.88. The van der Waals surface area contributed by atoms with Gasteiger partial charge in [-0.25, -0.2) is 8.78 Å². The zero-order valence-corrected chi connectivity index (χ0v) is 15.0. The molecule has 1 unspecified atom stereocenters. The average Bonchev–Trinajstić information content (AvgIpc) is 2.89. The molecule has 24 heavy (non-hydrogen) atoms. The van der Waals surface area contributed by atoms with E-state index in [1.165, 1.54) is 35.0 Å². The molecule has 7 heteroatoms. The molecule has 2 aromatic rings. The van der Waals surface area contributed by atoms with Gasteiger partial charge in [0.25, 0.3) is 0 Å². The lowest BCUT2D eigenvalue weighted by Crippen LogP contribution is -2.25. The number of halogens is 2. The number of Topliss-reactive ketones (excluding diaryl/α,β-unsaturated/α-hetero) is 1. The van der Waals surface area contributed by atoms with Crippen LogP contribution in [0.4, 0.5) is 8.78 Å². The number of nitrogens with one attached hydrogen (secondary N) is 1. The van der Waals surface area contributed by atoms with Gasteiger partial charge in [0.1, 0.15) is 17.3 Å². The molecular formula is C17H21F2N3OS. The highest BCUT2D eigenvalue weighted by atomic mass is 32.2. The molecule has 1 aromatic carbocycles. The summed E-state index contributed by atoms with van der Waals surface area (Å²) < 4.78 is 31.9. The van der Waals surface area contributed by atoms with Crippen molar-refractivity contribution in [2.24, 2.45) is 7.05 Å². The first-order chi connectivity index (χ1) is 11.2. The van der Waals surface area contributed by atoms with Crippen molar-refractivity contribution in [3.63, 3.8) is 0 Å². The van der Waals surface area contributed by atoms with Crippen molar-refractivity contribution in [2.45, 2.75) is 38.0 Å². The zero-order chi connectivity index (χ0) is 17.9. The predicted octanol–water partition coefficient (Wildman–Crippen LogP) is 4.05. The Kier molecular flexibility index (Phi) is 5.77. The SMILES string of the molecule is Cn1nccc1C(=O)CC(NSC(C)(C)C)c1ccc(F)cc1F. The van der Waals surface area contributed by atoms with Crippen molar-refractivity contribution in [3.8, 4) is 0 Å². The summed E-state index contributed by atoms with van der Waals surface area (Å²) in [4.78, 5) is 12.5. The summed E-state index contributed by atoms with van der Waals surface area (Å²) in [7, 11) is 1.68. The normalized spacial score (nSPS) is 13.1. The molecular weight excluding hydrogens is 332 g/mol.